The fraction of sp³-hybridized carbons (Fsp3) is 0.417. The molecule has 0 atom stereocenters. The number of methoxy groups -OCH3 is 1. The van der Waals surface area contributed by atoms with Gasteiger partial charge in [0.05, 0.1) is 40.9 Å². The van der Waals surface area contributed by atoms with E-state index in [1.54, 1.807) is 59.7 Å². The molecule has 0 aliphatic carbocycles. The summed E-state index contributed by atoms with van der Waals surface area (Å²) in [7, 11) is 7.14. The summed E-state index contributed by atoms with van der Waals surface area (Å²) in [5, 5.41) is 10.9. The molecule has 2 aromatic heterocycles. The maximum Gasteiger partial charge on any atom is 0.422 e. The second-order valence-electron chi connectivity index (χ2n) is 14.0. The van der Waals surface area contributed by atoms with Crippen LogP contribution in [0.25, 0.3) is 22.2 Å². The molecule has 0 unspecified atom stereocenters. The van der Waals surface area contributed by atoms with E-state index in [9.17, 15) is 14.9 Å². The van der Waals surface area contributed by atoms with Crippen molar-refractivity contribution in [3.05, 3.63) is 53.9 Å². The van der Waals surface area contributed by atoms with Crippen LogP contribution in [0.4, 0.5) is 32.6 Å². The number of nitriles is 1. The topological polar surface area (TPSA) is 152 Å². The number of rotatable bonds is 8. The molecule has 0 spiro atoms. The lowest BCUT2D eigenvalue weighted by molar-refractivity contribution is 0.0572. The van der Waals surface area contributed by atoms with Crippen LogP contribution in [0.3, 0.4) is 0 Å². The Hall–Kier alpha value is -5.35. The molecule has 0 fully saturated rings. The van der Waals surface area contributed by atoms with Gasteiger partial charge in [0.1, 0.15) is 23.0 Å². The Morgan fingerprint density at radius 2 is 1.63 bits per heavy atom. The highest BCUT2D eigenvalue weighted by Crippen LogP contribution is 2.41. The Morgan fingerprint density at radius 3 is 2.22 bits per heavy atom. The Labute approximate surface area is 287 Å². The molecule has 0 bridgehead atoms. The molecule has 13 heteroatoms. The zero-order chi connectivity index (χ0) is 36.4. The first-order chi connectivity index (χ1) is 22.8. The number of carbonyl (C=O) groups excluding carboxylic acids is 2. The van der Waals surface area contributed by atoms with E-state index in [-0.39, 0.29) is 29.6 Å². The van der Waals surface area contributed by atoms with Crippen LogP contribution in [-0.2, 0) is 16.5 Å². The summed E-state index contributed by atoms with van der Waals surface area (Å²) in [6.07, 6.45) is 2.13. The average Bonchev–Trinajstić information content (AvgIpc) is 3.28. The number of nitrogen functional groups attached to an aromatic ring is 1. The number of aryl methyl sites for hydroxylation is 2. The largest absolute Gasteiger partial charge is 0.494 e. The van der Waals surface area contributed by atoms with Gasteiger partial charge in [-0.3, -0.25) is 4.90 Å². The zero-order valence-corrected chi connectivity index (χ0v) is 30.2. The molecule has 0 saturated heterocycles. The van der Waals surface area contributed by atoms with Crippen molar-refractivity contribution in [3.8, 4) is 23.1 Å². The molecule has 0 saturated carbocycles. The Kier molecular flexibility index (Phi) is 10.4. The van der Waals surface area contributed by atoms with Gasteiger partial charge >= 0.3 is 12.2 Å². The summed E-state index contributed by atoms with van der Waals surface area (Å²) in [5.41, 5.74) is 9.19. The van der Waals surface area contributed by atoms with E-state index in [0.29, 0.717) is 29.1 Å². The van der Waals surface area contributed by atoms with Crippen molar-refractivity contribution < 1.29 is 23.8 Å². The highest BCUT2D eigenvalue weighted by Gasteiger charge is 2.32. The van der Waals surface area contributed by atoms with Gasteiger partial charge in [-0.2, -0.15) is 5.26 Å². The number of carbonyl (C=O) groups is 2. The molecule has 4 aromatic rings. The number of fused-ring (bicyclic) bond motifs is 1. The first-order valence-corrected chi connectivity index (χ1v) is 15.8. The molecule has 2 N–H and O–H groups in total. The van der Waals surface area contributed by atoms with Crippen molar-refractivity contribution in [1.29, 1.82) is 5.26 Å². The van der Waals surface area contributed by atoms with Gasteiger partial charge in [-0.25, -0.2) is 24.5 Å². The van der Waals surface area contributed by atoms with Gasteiger partial charge in [0.15, 0.2) is 0 Å². The molecular formula is C36H46N8O5. The third-order valence-electron chi connectivity index (χ3n) is 7.35. The minimum atomic E-state index is -0.872. The number of nitrogens with two attached hydrogens (primary N) is 1. The predicted octanol–water partition coefficient (Wildman–Crippen LogP) is 6.78. The lowest BCUT2D eigenvalue weighted by atomic mass is 10.0. The Morgan fingerprint density at radius 1 is 0.980 bits per heavy atom. The fourth-order valence-corrected chi connectivity index (χ4v) is 5.26. The van der Waals surface area contributed by atoms with Crippen molar-refractivity contribution >= 4 is 46.1 Å². The molecule has 49 heavy (non-hydrogen) atoms. The second kappa shape index (κ2) is 14.0. The van der Waals surface area contributed by atoms with Gasteiger partial charge in [0.25, 0.3) is 0 Å². The molecule has 2 heterocycles. The molecule has 2 amide bonds. The molecule has 0 radical (unpaired) electrons. The van der Waals surface area contributed by atoms with Gasteiger partial charge in [-0.1, -0.05) is 0 Å². The number of benzene rings is 2. The Balaban J connectivity index is 1.90. The second-order valence-corrected chi connectivity index (χ2v) is 14.0. The summed E-state index contributed by atoms with van der Waals surface area (Å²) in [4.78, 5) is 41.2. The minimum Gasteiger partial charge on any atom is -0.494 e. The summed E-state index contributed by atoms with van der Waals surface area (Å²) < 4.78 is 19.3. The molecular weight excluding hydrogens is 624 g/mol. The monoisotopic (exact) mass is 670 g/mol. The van der Waals surface area contributed by atoms with Crippen LogP contribution in [0.5, 0.6) is 5.75 Å². The van der Waals surface area contributed by atoms with Gasteiger partial charge in [-0.15, -0.1) is 0 Å². The van der Waals surface area contributed by atoms with Crippen molar-refractivity contribution in [2.45, 2.75) is 59.7 Å². The fourth-order valence-electron chi connectivity index (χ4n) is 5.26. The third-order valence-corrected chi connectivity index (χ3v) is 7.35. The lowest BCUT2D eigenvalue weighted by Crippen LogP contribution is -2.41. The van der Waals surface area contributed by atoms with Crippen molar-refractivity contribution in [3.63, 3.8) is 0 Å². The number of anilines is 4. The van der Waals surface area contributed by atoms with Crippen LogP contribution in [0.15, 0.2) is 42.7 Å². The first kappa shape index (κ1) is 36.5. The average molecular weight is 671 g/mol. The van der Waals surface area contributed by atoms with Crippen LogP contribution < -0.4 is 20.3 Å². The van der Waals surface area contributed by atoms with Crippen LogP contribution in [0.1, 0.15) is 52.7 Å². The number of amides is 2. The van der Waals surface area contributed by atoms with E-state index in [0.717, 1.165) is 16.5 Å². The van der Waals surface area contributed by atoms with Crippen molar-refractivity contribution in [2.24, 2.45) is 7.05 Å². The maximum atomic E-state index is 14.0. The highest BCUT2D eigenvalue weighted by molar-refractivity contribution is 6.00. The molecule has 0 aliphatic heterocycles. The minimum absolute atomic E-state index is 0.0165. The van der Waals surface area contributed by atoms with Crippen LogP contribution in [0, 0.1) is 18.3 Å². The molecule has 0 aliphatic rings. The third kappa shape index (κ3) is 8.39. The number of likely N-dealkylation sites (N-methyl/N-ethyl adjacent to an activating group) is 1. The van der Waals surface area contributed by atoms with E-state index in [1.807, 2.05) is 49.8 Å². The quantitative estimate of drug-likeness (QED) is 0.199. The summed E-state index contributed by atoms with van der Waals surface area (Å²) >= 11 is 0. The molecule has 4 rings (SSSR count). The van der Waals surface area contributed by atoms with E-state index in [4.69, 9.17) is 24.9 Å². The van der Waals surface area contributed by atoms with Crippen molar-refractivity contribution in [2.75, 3.05) is 49.8 Å². The highest BCUT2D eigenvalue weighted by atomic mass is 16.6. The van der Waals surface area contributed by atoms with Crippen LogP contribution in [-0.4, -0.2) is 77.1 Å². The van der Waals surface area contributed by atoms with Gasteiger partial charge in [0.2, 0.25) is 5.95 Å². The molecule has 13 nitrogen and oxygen atoms in total. The maximum absolute atomic E-state index is 14.0. The Bertz CT molecular complexity index is 1910. The van der Waals surface area contributed by atoms with Crippen LogP contribution in [0.2, 0.25) is 0 Å². The first-order valence-electron chi connectivity index (χ1n) is 15.8. The SMILES string of the molecule is COc1cc(N(CCN(C)C)C(=O)OC(C)(C)C)c(N)cc1N(C(=O)OC(C)(C)C)c1nccc(-c2cc(C#N)c3c(c2)c(C)cn3C)n1. The van der Waals surface area contributed by atoms with E-state index in [2.05, 4.69) is 11.1 Å². The number of ether oxygens (including phenoxy) is 3. The van der Waals surface area contributed by atoms with Gasteiger partial charge in [0, 0.05) is 49.5 Å². The van der Waals surface area contributed by atoms with Crippen molar-refractivity contribution in [1.82, 2.24) is 19.4 Å². The molecule has 2 aromatic carbocycles. The summed E-state index contributed by atoms with van der Waals surface area (Å²) in [6, 6.07) is 10.8. The van der Waals surface area contributed by atoms with E-state index < -0.39 is 23.4 Å². The molecule has 260 valence electrons. The van der Waals surface area contributed by atoms with Gasteiger partial charge in [-0.05, 0) is 92.4 Å². The standard InChI is InChI=1S/C36H46N8O5/c1-22-21-42(10)31-24(20-37)16-23(17-25(22)31)27-12-13-39-32(40-27)44(34(46)49-36(5,6)7)29-18-26(38)28(19-30(29)47-11)43(15-14-41(8)9)33(45)48-35(2,3)4/h12-13,16-19,21H,14-15,38H2,1-11H3. The zero-order valence-electron chi connectivity index (χ0n) is 30.2. The van der Waals surface area contributed by atoms with E-state index in [1.165, 1.54) is 29.2 Å². The normalized spacial score (nSPS) is 11.7. The van der Waals surface area contributed by atoms with Gasteiger partial charge < -0.3 is 29.4 Å². The number of hydrogen-bond donors (Lipinski definition) is 1. The van der Waals surface area contributed by atoms with E-state index >= 15 is 0 Å². The lowest BCUT2D eigenvalue weighted by Gasteiger charge is -2.31. The summed E-state index contributed by atoms with van der Waals surface area (Å²) in [5.74, 6) is 0.188. The number of nitrogens with zero attached hydrogens (tertiary/aromatic N) is 7. The number of aromatic nitrogens is 3. The number of hydrogen-bond acceptors (Lipinski definition) is 10. The smallest absolute Gasteiger partial charge is 0.422 e. The predicted molar refractivity (Wildman–Crippen MR) is 191 cm³/mol. The summed E-state index contributed by atoms with van der Waals surface area (Å²) in [6.45, 7) is 13.4. The van der Waals surface area contributed by atoms with Crippen LogP contribution >= 0.6 is 0 Å².